The molecule has 0 heterocycles. The van der Waals surface area contributed by atoms with Gasteiger partial charge in [0.25, 0.3) is 0 Å². The zero-order valence-corrected chi connectivity index (χ0v) is 5.95. The summed E-state index contributed by atoms with van der Waals surface area (Å²) in [6.07, 6.45) is 1.22. The van der Waals surface area contributed by atoms with Crippen LogP contribution in [0, 0.1) is 6.04 Å². The molecule has 0 aliphatic rings. The van der Waals surface area contributed by atoms with Gasteiger partial charge in [-0.3, -0.25) is 4.79 Å². The summed E-state index contributed by atoms with van der Waals surface area (Å²) in [5, 5.41) is 0. The molecule has 0 unspecified atom stereocenters. The Labute approximate surface area is 65.3 Å². The number of rotatable bonds is 2. The minimum absolute atomic E-state index is 0.445. The average Bonchev–Trinajstić information content (AvgIpc) is 2.07. The van der Waals surface area contributed by atoms with Crippen molar-refractivity contribution in [1.82, 2.24) is 0 Å². The molecule has 0 aliphatic carbocycles. The molecule has 0 atom stereocenters. The van der Waals surface area contributed by atoms with Crippen molar-refractivity contribution in [1.29, 1.82) is 0 Å². The zero-order valence-electron chi connectivity index (χ0n) is 5.95. The van der Waals surface area contributed by atoms with E-state index in [0.717, 1.165) is 5.56 Å². The maximum atomic E-state index is 9.91. The van der Waals surface area contributed by atoms with Gasteiger partial charge in [0.15, 0.2) is 0 Å². The van der Waals surface area contributed by atoms with E-state index in [1.165, 1.54) is 6.08 Å². The van der Waals surface area contributed by atoms with Crippen molar-refractivity contribution in [3.8, 4) is 0 Å². The van der Waals surface area contributed by atoms with Crippen molar-refractivity contribution in [2.75, 3.05) is 0 Å². The molecule has 0 aliphatic heterocycles. The molecule has 2 nitrogen and oxygen atoms in total. The average molecular weight is 146 g/mol. The van der Waals surface area contributed by atoms with Gasteiger partial charge in [-0.15, -0.1) is 29.8 Å². The standard InChI is InChI=1S/C9H8NO/c10-9(6-7-11)8-4-2-1-3-5-8/h1-6H,10H2/q-1. The molecule has 0 amide bonds. The number of benzene rings is 1. The van der Waals surface area contributed by atoms with Crippen molar-refractivity contribution < 1.29 is 4.79 Å². The predicted octanol–water partition coefficient (Wildman–Crippen LogP) is 0.913. The van der Waals surface area contributed by atoms with Crippen molar-refractivity contribution in [2.45, 2.75) is 0 Å². The molecule has 0 spiro atoms. The van der Waals surface area contributed by atoms with Crippen LogP contribution in [-0.2, 0) is 4.79 Å². The van der Waals surface area contributed by atoms with Crippen molar-refractivity contribution >= 4 is 5.94 Å². The molecule has 0 bridgehead atoms. The van der Waals surface area contributed by atoms with Gasteiger partial charge in [-0.2, -0.15) is 0 Å². The second-order valence-corrected chi connectivity index (χ2v) is 2.08. The van der Waals surface area contributed by atoms with E-state index in [4.69, 9.17) is 5.73 Å². The summed E-state index contributed by atoms with van der Waals surface area (Å²) < 4.78 is 0. The van der Waals surface area contributed by atoms with E-state index < -0.39 is 0 Å². The molecule has 0 radical (unpaired) electrons. The molecule has 56 valence electrons. The largest absolute Gasteiger partial charge is 0.341 e. The molecule has 1 rings (SSSR count). The van der Waals surface area contributed by atoms with Crippen molar-refractivity contribution in [3.05, 3.63) is 48.0 Å². The highest BCUT2D eigenvalue weighted by molar-refractivity contribution is 5.54. The van der Waals surface area contributed by atoms with Gasteiger partial charge in [0.05, 0.1) is 0 Å². The summed E-state index contributed by atoms with van der Waals surface area (Å²) in [5.41, 5.74) is 6.35. The highest BCUT2D eigenvalue weighted by Gasteiger charge is 1.89. The second-order valence-electron chi connectivity index (χ2n) is 2.08. The maximum absolute atomic E-state index is 9.91. The van der Waals surface area contributed by atoms with Crippen LogP contribution in [0.5, 0.6) is 0 Å². The first kappa shape index (κ1) is 7.61. The molecule has 1 aromatic carbocycles. The van der Waals surface area contributed by atoms with E-state index in [-0.39, 0.29) is 0 Å². The molecule has 2 N–H and O–H groups in total. The fourth-order valence-electron chi connectivity index (χ4n) is 0.777. The first-order valence-electron chi connectivity index (χ1n) is 3.23. The van der Waals surface area contributed by atoms with Crippen LogP contribution < -0.4 is 5.73 Å². The van der Waals surface area contributed by atoms with Crippen molar-refractivity contribution in [2.24, 2.45) is 5.73 Å². The topological polar surface area (TPSA) is 43.1 Å². The Morgan fingerprint density at radius 2 is 2.00 bits per heavy atom. The number of hydrogen-bond donors (Lipinski definition) is 1. The van der Waals surface area contributed by atoms with E-state index in [0.29, 0.717) is 6.04 Å². The Kier molecular flexibility index (Phi) is 2.50. The number of nitrogens with two attached hydrogens (primary N) is 1. The summed E-state index contributed by atoms with van der Waals surface area (Å²) in [7, 11) is 0. The van der Waals surface area contributed by atoms with Crippen LogP contribution in [0.3, 0.4) is 0 Å². The molecule has 1 aromatic rings. The quantitative estimate of drug-likeness (QED) is 0.498. The number of hydrogen-bond acceptors (Lipinski definition) is 2. The normalized spacial score (nSPS) is 8.45. The third kappa shape index (κ3) is 1.97. The molecule has 11 heavy (non-hydrogen) atoms. The first-order chi connectivity index (χ1) is 5.34. The van der Waals surface area contributed by atoms with Crippen LogP contribution in [0.2, 0.25) is 0 Å². The van der Waals surface area contributed by atoms with Gasteiger partial charge >= 0.3 is 0 Å². The van der Waals surface area contributed by atoms with Gasteiger partial charge in [0, 0.05) is 5.94 Å². The molecule has 2 heteroatoms. The second kappa shape index (κ2) is 3.62. The smallest absolute Gasteiger partial charge is 0.00669 e. The first-order valence-corrected chi connectivity index (χ1v) is 3.23. The highest BCUT2D eigenvalue weighted by Crippen LogP contribution is 2.07. The van der Waals surface area contributed by atoms with Crippen LogP contribution in [0.25, 0.3) is 0 Å². The van der Waals surface area contributed by atoms with Gasteiger partial charge in [0.2, 0.25) is 0 Å². The molecule has 0 saturated carbocycles. The Bertz CT molecular complexity index is 262. The molecular weight excluding hydrogens is 138 g/mol. The van der Waals surface area contributed by atoms with E-state index in [1.807, 2.05) is 30.3 Å². The van der Waals surface area contributed by atoms with E-state index >= 15 is 0 Å². The van der Waals surface area contributed by atoms with Gasteiger partial charge < -0.3 is 5.73 Å². The lowest BCUT2D eigenvalue weighted by atomic mass is 10.1. The maximum Gasteiger partial charge on any atom is 0.00669 e. The van der Waals surface area contributed by atoms with Crippen LogP contribution in [0.15, 0.2) is 36.4 Å². The lowest BCUT2D eigenvalue weighted by molar-refractivity contribution is 0.568. The Morgan fingerprint density at radius 3 is 2.55 bits per heavy atom. The summed E-state index contributed by atoms with van der Waals surface area (Å²) in [6, 6.07) is 9.73. The van der Waals surface area contributed by atoms with Crippen molar-refractivity contribution in [3.63, 3.8) is 0 Å². The fraction of sp³-hybridized carbons (Fsp3) is 0. The molecule has 0 saturated heterocycles. The number of carbonyl (C=O) groups excluding carboxylic acids is 1. The van der Waals surface area contributed by atoms with Crippen LogP contribution in [0.1, 0.15) is 5.56 Å². The SMILES string of the molecule is N[C-](C=C=O)c1ccccc1. The molecular formula is C9H8NO-. The Hall–Kier alpha value is -1.50. The lowest BCUT2D eigenvalue weighted by Gasteiger charge is -2.11. The van der Waals surface area contributed by atoms with E-state index in [2.05, 4.69) is 0 Å². The minimum atomic E-state index is 0.445. The van der Waals surface area contributed by atoms with Gasteiger partial charge in [-0.05, 0) is 0 Å². The van der Waals surface area contributed by atoms with Gasteiger partial charge in [-0.25, -0.2) is 0 Å². The summed E-state index contributed by atoms with van der Waals surface area (Å²) >= 11 is 0. The Balaban J connectivity index is 2.84. The molecule has 0 aromatic heterocycles. The summed E-state index contributed by atoms with van der Waals surface area (Å²) in [5.74, 6) is 1.63. The third-order valence-corrected chi connectivity index (χ3v) is 1.32. The van der Waals surface area contributed by atoms with E-state index in [1.54, 1.807) is 5.94 Å². The monoisotopic (exact) mass is 146 g/mol. The zero-order chi connectivity index (χ0) is 8.10. The summed E-state index contributed by atoms with van der Waals surface area (Å²) in [6.45, 7) is 0. The van der Waals surface area contributed by atoms with Crippen LogP contribution in [-0.4, -0.2) is 5.94 Å². The lowest BCUT2D eigenvalue weighted by Crippen LogP contribution is -2.07. The summed E-state index contributed by atoms with van der Waals surface area (Å²) in [4.78, 5) is 9.91. The van der Waals surface area contributed by atoms with Crippen LogP contribution >= 0.6 is 0 Å². The highest BCUT2D eigenvalue weighted by atomic mass is 16.1. The van der Waals surface area contributed by atoms with E-state index in [9.17, 15) is 4.79 Å². The molecule has 0 fully saturated rings. The van der Waals surface area contributed by atoms with Gasteiger partial charge in [0.1, 0.15) is 0 Å². The minimum Gasteiger partial charge on any atom is -0.341 e. The van der Waals surface area contributed by atoms with Crippen LogP contribution in [0.4, 0.5) is 0 Å². The predicted molar refractivity (Wildman–Crippen MR) is 43.2 cm³/mol. The van der Waals surface area contributed by atoms with Gasteiger partial charge in [-0.1, -0.05) is 18.2 Å². The fourth-order valence-corrected chi connectivity index (χ4v) is 0.777. The Morgan fingerprint density at radius 1 is 1.36 bits per heavy atom. The third-order valence-electron chi connectivity index (χ3n) is 1.32.